The zero-order valence-corrected chi connectivity index (χ0v) is 18.4. The van der Waals surface area contributed by atoms with Crippen molar-refractivity contribution in [1.82, 2.24) is 10.3 Å². The van der Waals surface area contributed by atoms with Gasteiger partial charge in [-0.3, -0.25) is 4.79 Å². The average molecular weight is 456 g/mol. The van der Waals surface area contributed by atoms with Crippen LogP contribution in [-0.4, -0.2) is 55.4 Å². The maximum atomic E-state index is 13.3. The van der Waals surface area contributed by atoms with E-state index in [1.54, 1.807) is 0 Å². The van der Waals surface area contributed by atoms with Gasteiger partial charge in [-0.2, -0.15) is 10.4 Å². The molecule has 0 bridgehead atoms. The van der Waals surface area contributed by atoms with Crippen LogP contribution in [0.1, 0.15) is 37.7 Å². The zero-order chi connectivity index (χ0) is 24.0. The van der Waals surface area contributed by atoms with Crippen molar-refractivity contribution in [2.45, 2.75) is 44.2 Å². The highest BCUT2D eigenvalue weighted by molar-refractivity contribution is 6.04. The molecule has 2 unspecified atom stereocenters. The molecule has 10 heteroatoms. The summed E-state index contributed by atoms with van der Waals surface area (Å²) in [5.74, 6) is -4.44. The summed E-state index contributed by atoms with van der Waals surface area (Å²) in [6, 6.07) is 5.59. The monoisotopic (exact) mass is 456 g/mol. The van der Waals surface area contributed by atoms with Crippen molar-refractivity contribution < 1.29 is 28.2 Å². The number of hydrogen-bond donors (Lipinski definition) is 1. The summed E-state index contributed by atoms with van der Waals surface area (Å²) in [4.78, 5) is 38.8. The molecule has 1 amide bonds. The van der Waals surface area contributed by atoms with Gasteiger partial charge in [-0.1, -0.05) is 31.4 Å². The van der Waals surface area contributed by atoms with E-state index in [-0.39, 0.29) is 17.3 Å². The molecule has 1 saturated carbocycles. The van der Waals surface area contributed by atoms with Crippen LogP contribution in [0.2, 0.25) is 0 Å². The number of methoxy groups -OCH3 is 2. The fraction of sp³-hybridized carbons (Fsp3) is 0.435. The summed E-state index contributed by atoms with van der Waals surface area (Å²) in [6.07, 6.45) is 5.87. The first-order valence-corrected chi connectivity index (χ1v) is 10.6. The fourth-order valence-electron chi connectivity index (χ4n) is 4.02. The largest absolute Gasteiger partial charge is 0.467 e. The number of ether oxygens (including phenoxy) is 2. The summed E-state index contributed by atoms with van der Waals surface area (Å²) in [7, 11) is 2.26. The van der Waals surface area contributed by atoms with E-state index in [1.165, 1.54) is 30.5 Å². The first kappa shape index (κ1) is 23.9. The normalized spacial score (nSPS) is 21.6. The minimum absolute atomic E-state index is 0.0462. The highest BCUT2D eigenvalue weighted by Crippen LogP contribution is 2.32. The molecule has 1 aromatic carbocycles. The Bertz CT molecular complexity index is 1010. The van der Waals surface area contributed by atoms with Gasteiger partial charge in [0.1, 0.15) is 5.82 Å². The minimum atomic E-state index is -1.55. The van der Waals surface area contributed by atoms with Gasteiger partial charge in [0.05, 0.1) is 37.8 Å². The Morgan fingerprint density at radius 3 is 2.42 bits per heavy atom. The first-order valence-electron chi connectivity index (χ1n) is 10.6. The van der Waals surface area contributed by atoms with Crippen molar-refractivity contribution in [1.29, 1.82) is 5.26 Å². The molecule has 1 aliphatic heterocycles. The molecular weight excluding hydrogens is 431 g/mol. The molecule has 33 heavy (non-hydrogen) atoms. The number of nitrogens with zero attached hydrogens (tertiary/aromatic N) is 3. The van der Waals surface area contributed by atoms with Gasteiger partial charge in [0, 0.05) is 6.04 Å². The molecule has 1 aliphatic carbocycles. The molecule has 174 valence electrons. The molecule has 2 atom stereocenters. The van der Waals surface area contributed by atoms with Crippen molar-refractivity contribution in [3.8, 4) is 6.07 Å². The van der Waals surface area contributed by atoms with Gasteiger partial charge in [-0.25, -0.2) is 19.0 Å². The molecule has 1 aromatic rings. The van der Waals surface area contributed by atoms with Gasteiger partial charge in [0.25, 0.3) is 5.91 Å². The Kier molecular flexibility index (Phi) is 7.77. The summed E-state index contributed by atoms with van der Waals surface area (Å²) in [5.41, 5.74) is 0.290. The van der Waals surface area contributed by atoms with Crippen LogP contribution in [0.5, 0.6) is 0 Å². The van der Waals surface area contributed by atoms with Crippen LogP contribution in [0, 0.1) is 23.1 Å². The molecule has 2 aliphatic rings. The predicted molar refractivity (Wildman–Crippen MR) is 115 cm³/mol. The number of carbonyl (C=O) groups is 3. The molecule has 0 aromatic heterocycles. The van der Waals surface area contributed by atoms with E-state index in [4.69, 9.17) is 9.47 Å². The third-order valence-corrected chi connectivity index (χ3v) is 5.69. The van der Waals surface area contributed by atoms with Crippen LogP contribution < -0.4 is 5.32 Å². The zero-order valence-electron chi connectivity index (χ0n) is 18.4. The molecule has 1 N–H and O–H groups in total. The smallest absolute Gasteiger partial charge is 0.338 e. The van der Waals surface area contributed by atoms with Crippen LogP contribution in [0.4, 0.5) is 4.39 Å². The van der Waals surface area contributed by atoms with E-state index >= 15 is 0 Å². The fourth-order valence-corrected chi connectivity index (χ4v) is 4.02. The third kappa shape index (κ3) is 5.19. The second-order valence-electron chi connectivity index (χ2n) is 7.76. The van der Waals surface area contributed by atoms with Crippen molar-refractivity contribution in [2.75, 3.05) is 14.2 Å². The first-order chi connectivity index (χ1) is 15.9. The van der Waals surface area contributed by atoms with Gasteiger partial charge < -0.3 is 14.8 Å². The van der Waals surface area contributed by atoms with Crippen molar-refractivity contribution in [2.24, 2.45) is 11.0 Å². The number of rotatable bonds is 6. The number of esters is 2. The highest BCUT2D eigenvalue weighted by Gasteiger charge is 2.49. The molecular formula is C23H25FN4O5. The van der Waals surface area contributed by atoms with E-state index < -0.39 is 35.6 Å². The van der Waals surface area contributed by atoms with Gasteiger partial charge in [-0.15, -0.1) is 0 Å². The lowest BCUT2D eigenvalue weighted by Crippen LogP contribution is -2.55. The van der Waals surface area contributed by atoms with Crippen molar-refractivity contribution in [3.05, 3.63) is 46.9 Å². The number of nitrogens with one attached hydrogen (secondary N) is 1. The van der Waals surface area contributed by atoms with Crippen LogP contribution >= 0.6 is 0 Å². The molecule has 1 fully saturated rings. The Morgan fingerprint density at radius 2 is 1.85 bits per heavy atom. The summed E-state index contributed by atoms with van der Waals surface area (Å²) in [5, 5.41) is 17.8. The molecule has 1 heterocycles. The number of halogens is 1. The number of hydrazone groups is 1. The van der Waals surface area contributed by atoms with E-state index in [1.807, 2.05) is 6.07 Å². The number of hydrogen-bond acceptors (Lipinski definition) is 8. The van der Waals surface area contributed by atoms with Gasteiger partial charge in [0.2, 0.25) is 0 Å². The summed E-state index contributed by atoms with van der Waals surface area (Å²) < 4.78 is 23.0. The minimum Gasteiger partial charge on any atom is -0.467 e. The Morgan fingerprint density at radius 1 is 1.18 bits per heavy atom. The second-order valence-corrected chi connectivity index (χ2v) is 7.76. The van der Waals surface area contributed by atoms with Crippen LogP contribution in [0.25, 0.3) is 0 Å². The molecule has 0 saturated heterocycles. The second kappa shape index (κ2) is 10.7. The maximum Gasteiger partial charge on any atom is 0.338 e. The van der Waals surface area contributed by atoms with E-state index in [2.05, 4.69) is 10.4 Å². The number of nitriles is 1. The number of carbonyl (C=O) groups excluding carboxylic acids is 3. The maximum absolute atomic E-state index is 13.3. The summed E-state index contributed by atoms with van der Waals surface area (Å²) >= 11 is 0. The van der Waals surface area contributed by atoms with Gasteiger partial charge >= 0.3 is 11.9 Å². The van der Waals surface area contributed by atoms with E-state index in [0.29, 0.717) is 5.56 Å². The number of benzene rings is 1. The standard InChI is InChI=1S/C23H25FN4O5/c1-32-22(30)18-19(27-16-6-4-3-5-7-16)17(12-25)21(29)28(20(18)23(31)33-2)26-13-14-8-10-15(24)11-9-14/h8-11,13,16-17,20,27H,3-7H2,1-2H3/b26-13+. The number of amides is 1. The molecule has 0 spiro atoms. The van der Waals surface area contributed by atoms with Crippen LogP contribution in [-0.2, 0) is 23.9 Å². The lowest BCUT2D eigenvalue weighted by molar-refractivity contribution is -0.155. The van der Waals surface area contributed by atoms with Crippen LogP contribution in [0.3, 0.4) is 0 Å². The highest BCUT2D eigenvalue weighted by atomic mass is 19.1. The molecule has 3 rings (SSSR count). The predicted octanol–water partition coefficient (Wildman–Crippen LogP) is 2.03. The van der Waals surface area contributed by atoms with Crippen LogP contribution in [0.15, 0.2) is 40.6 Å². The SMILES string of the molecule is COC(=O)C1=C(NC2CCCCC2)C(C#N)C(=O)N(/N=C/c2ccc(F)cc2)C1C(=O)OC. The Labute approximate surface area is 190 Å². The van der Waals surface area contributed by atoms with Gasteiger partial charge in [0.15, 0.2) is 12.0 Å². The average Bonchev–Trinajstić information content (AvgIpc) is 2.84. The quantitative estimate of drug-likeness (QED) is 0.514. The Balaban J connectivity index is 2.10. The van der Waals surface area contributed by atoms with Crippen molar-refractivity contribution >= 4 is 24.1 Å². The van der Waals surface area contributed by atoms with Crippen molar-refractivity contribution in [3.63, 3.8) is 0 Å². The lowest BCUT2D eigenvalue weighted by atomic mass is 9.88. The Hall–Kier alpha value is -3.74. The summed E-state index contributed by atoms with van der Waals surface area (Å²) in [6.45, 7) is 0. The van der Waals surface area contributed by atoms with Gasteiger partial charge in [-0.05, 0) is 30.5 Å². The topological polar surface area (TPSA) is 121 Å². The molecule has 9 nitrogen and oxygen atoms in total. The van der Waals surface area contributed by atoms with E-state index in [9.17, 15) is 24.0 Å². The molecule has 0 radical (unpaired) electrons. The third-order valence-electron chi connectivity index (χ3n) is 5.69. The van der Waals surface area contributed by atoms with E-state index in [0.717, 1.165) is 51.3 Å². The lowest BCUT2D eigenvalue weighted by Gasteiger charge is -2.37.